The Morgan fingerprint density at radius 1 is 1.10 bits per heavy atom. The lowest BCUT2D eigenvalue weighted by Crippen LogP contribution is -2.50. The molecule has 2 aromatic heterocycles. The van der Waals surface area contributed by atoms with Crippen molar-refractivity contribution in [3.8, 4) is 11.3 Å². The van der Waals surface area contributed by atoms with Crippen molar-refractivity contribution < 1.29 is 9.59 Å². The number of aryl methyl sites for hydroxylation is 1. The fourth-order valence-electron chi connectivity index (χ4n) is 3.16. The number of nitrogens with zero attached hydrogens (tertiary/aromatic N) is 2. The summed E-state index contributed by atoms with van der Waals surface area (Å²) in [6.07, 6.45) is 5.89. The van der Waals surface area contributed by atoms with E-state index in [2.05, 4.69) is 20.6 Å². The highest BCUT2D eigenvalue weighted by Crippen LogP contribution is 2.21. The number of rotatable bonds is 10. The molecule has 2 heterocycles. The predicted molar refractivity (Wildman–Crippen MR) is 124 cm³/mol. The van der Waals surface area contributed by atoms with E-state index < -0.39 is 6.04 Å². The lowest BCUT2D eigenvalue weighted by molar-refractivity contribution is -0.124. The zero-order chi connectivity index (χ0) is 22.1. The molecule has 0 saturated carbocycles. The zero-order valence-corrected chi connectivity index (χ0v) is 18.7. The number of hydrogen-bond acceptors (Lipinski definition) is 5. The van der Waals surface area contributed by atoms with E-state index in [1.807, 2.05) is 49.6 Å². The number of hydrogen-bond donors (Lipinski definition) is 2. The van der Waals surface area contributed by atoms with Crippen LogP contribution in [-0.2, 0) is 11.2 Å². The average molecular weight is 437 g/mol. The first-order chi connectivity index (χ1) is 15.1. The third kappa shape index (κ3) is 6.46. The number of benzene rings is 1. The fraction of sp³-hybridized carbons (Fsp3) is 0.333. The van der Waals surface area contributed by atoms with Gasteiger partial charge in [0, 0.05) is 41.9 Å². The third-order valence-corrected chi connectivity index (χ3v) is 6.12. The Morgan fingerprint density at radius 3 is 2.55 bits per heavy atom. The van der Waals surface area contributed by atoms with E-state index in [1.165, 1.54) is 0 Å². The highest BCUT2D eigenvalue weighted by molar-refractivity contribution is 7.09. The van der Waals surface area contributed by atoms with Crippen molar-refractivity contribution in [3.05, 3.63) is 70.8 Å². The molecule has 162 valence electrons. The van der Waals surface area contributed by atoms with Crippen molar-refractivity contribution in [2.24, 2.45) is 5.92 Å². The molecule has 2 atom stereocenters. The summed E-state index contributed by atoms with van der Waals surface area (Å²) in [6.45, 7) is 4.53. The van der Waals surface area contributed by atoms with Crippen molar-refractivity contribution in [1.82, 2.24) is 20.6 Å². The van der Waals surface area contributed by atoms with E-state index in [-0.39, 0.29) is 17.7 Å². The fourth-order valence-corrected chi connectivity index (χ4v) is 4.01. The molecule has 0 fully saturated rings. The van der Waals surface area contributed by atoms with Crippen molar-refractivity contribution >= 4 is 23.2 Å². The molecule has 0 bridgehead atoms. The molecule has 6 nitrogen and oxygen atoms in total. The predicted octanol–water partition coefficient (Wildman–Crippen LogP) is 4.10. The minimum absolute atomic E-state index is 0.0366. The smallest absolute Gasteiger partial charge is 0.251 e. The maximum absolute atomic E-state index is 12.8. The molecule has 0 spiro atoms. The second-order valence-corrected chi connectivity index (χ2v) is 8.40. The van der Waals surface area contributed by atoms with Gasteiger partial charge in [-0.15, -0.1) is 11.3 Å². The normalized spacial score (nSPS) is 12.7. The quantitative estimate of drug-likeness (QED) is 0.469. The summed E-state index contributed by atoms with van der Waals surface area (Å²) in [4.78, 5) is 34.0. The molecule has 0 aliphatic heterocycles. The van der Waals surface area contributed by atoms with E-state index in [9.17, 15) is 9.59 Å². The number of carbonyl (C=O) groups is 2. The molecule has 31 heavy (non-hydrogen) atoms. The largest absolute Gasteiger partial charge is 0.354 e. The van der Waals surface area contributed by atoms with Gasteiger partial charge in [-0.1, -0.05) is 38.5 Å². The molecular formula is C24H28N4O2S. The molecule has 2 N–H and O–H groups in total. The number of amides is 2. The minimum atomic E-state index is -0.559. The van der Waals surface area contributed by atoms with Crippen LogP contribution in [0.5, 0.6) is 0 Å². The number of thiazole rings is 1. The van der Waals surface area contributed by atoms with Gasteiger partial charge in [-0.25, -0.2) is 4.98 Å². The van der Waals surface area contributed by atoms with E-state index in [1.54, 1.807) is 35.9 Å². The first-order valence-corrected chi connectivity index (χ1v) is 11.4. The molecule has 1 aromatic carbocycles. The van der Waals surface area contributed by atoms with Crippen molar-refractivity contribution in [3.63, 3.8) is 0 Å². The summed E-state index contributed by atoms with van der Waals surface area (Å²) in [5.41, 5.74) is 2.56. The summed E-state index contributed by atoms with van der Waals surface area (Å²) < 4.78 is 0. The molecule has 0 saturated heterocycles. The topological polar surface area (TPSA) is 84.0 Å². The maximum atomic E-state index is 12.8. The number of carbonyl (C=O) groups excluding carboxylic acids is 2. The Bertz CT molecular complexity index is 976. The van der Waals surface area contributed by atoms with E-state index in [0.717, 1.165) is 35.5 Å². The Hall–Kier alpha value is -3.06. The summed E-state index contributed by atoms with van der Waals surface area (Å²) >= 11 is 1.62. The lowest BCUT2D eigenvalue weighted by atomic mass is 9.97. The monoisotopic (exact) mass is 436 g/mol. The summed E-state index contributed by atoms with van der Waals surface area (Å²) in [7, 11) is 0. The van der Waals surface area contributed by atoms with Crippen LogP contribution >= 0.6 is 11.3 Å². The number of nitrogens with one attached hydrogen (secondary N) is 2. The van der Waals surface area contributed by atoms with Crippen molar-refractivity contribution in [1.29, 1.82) is 0 Å². The van der Waals surface area contributed by atoms with E-state index in [4.69, 9.17) is 0 Å². The van der Waals surface area contributed by atoms with Crippen LogP contribution in [0.4, 0.5) is 0 Å². The highest BCUT2D eigenvalue weighted by atomic mass is 32.1. The van der Waals surface area contributed by atoms with Gasteiger partial charge in [-0.05, 0) is 36.6 Å². The molecule has 0 aliphatic carbocycles. The molecule has 2 unspecified atom stereocenters. The standard InChI is InChI=1S/C24H28N4O2S/c1-3-17(2)22(28-23(29)19-8-5-4-6-9-19)24(30)26-13-7-10-21-27-20(16-31-21)18-11-14-25-15-12-18/h4-6,8-9,11-12,14-17,22H,3,7,10,13H2,1-2H3,(H,26,30)(H,28,29). The molecule has 2 amide bonds. The Kier molecular flexibility index (Phi) is 8.29. The lowest BCUT2D eigenvalue weighted by Gasteiger charge is -2.23. The van der Waals surface area contributed by atoms with Gasteiger partial charge in [0.2, 0.25) is 5.91 Å². The SMILES string of the molecule is CCC(C)C(NC(=O)c1ccccc1)C(=O)NCCCc1nc(-c2ccncc2)cs1. The van der Waals surface area contributed by atoms with Crippen molar-refractivity contribution in [2.45, 2.75) is 39.2 Å². The summed E-state index contributed by atoms with van der Waals surface area (Å²) in [5.74, 6) is -0.336. The van der Waals surface area contributed by atoms with E-state index in [0.29, 0.717) is 12.1 Å². The molecule has 3 rings (SSSR count). The van der Waals surface area contributed by atoms with Gasteiger partial charge in [-0.2, -0.15) is 0 Å². The minimum Gasteiger partial charge on any atom is -0.354 e. The zero-order valence-electron chi connectivity index (χ0n) is 17.9. The van der Waals surface area contributed by atoms with Gasteiger partial charge in [0.05, 0.1) is 10.7 Å². The van der Waals surface area contributed by atoms with E-state index >= 15 is 0 Å². The van der Waals surface area contributed by atoms with Crippen LogP contribution in [0.3, 0.4) is 0 Å². The van der Waals surface area contributed by atoms with Crippen LogP contribution in [0.25, 0.3) is 11.3 Å². The third-order valence-electron chi connectivity index (χ3n) is 5.21. The first kappa shape index (κ1) is 22.6. The van der Waals surface area contributed by atoms with Gasteiger partial charge in [0.25, 0.3) is 5.91 Å². The number of aromatic nitrogens is 2. The molecular weight excluding hydrogens is 408 g/mol. The Labute approximate surface area is 187 Å². The summed E-state index contributed by atoms with van der Waals surface area (Å²) in [5, 5.41) is 8.96. The van der Waals surface area contributed by atoms with Crippen molar-refractivity contribution in [2.75, 3.05) is 6.54 Å². The van der Waals surface area contributed by atoms with Gasteiger partial charge in [0.1, 0.15) is 6.04 Å². The molecule has 0 aliphatic rings. The first-order valence-electron chi connectivity index (χ1n) is 10.6. The van der Waals surface area contributed by atoms with Crippen LogP contribution in [0.15, 0.2) is 60.2 Å². The molecule has 7 heteroatoms. The van der Waals surface area contributed by atoms with Crippen LogP contribution < -0.4 is 10.6 Å². The second kappa shape index (κ2) is 11.4. The molecule has 0 radical (unpaired) electrons. The molecule has 3 aromatic rings. The Morgan fingerprint density at radius 2 is 1.84 bits per heavy atom. The van der Waals surface area contributed by atoms with Crippen LogP contribution in [0.2, 0.25) is 0 Å². The second-order valence-electron chi connectivity index (χ2n) is 7.46. The average Bonchev–Trinajstić information content (AvgIpc) is 3.29. The van der Waals surface area contributed by atoms with Gasteiger partial charge in [0.15, 0.2) is 0 Å². The van der Waals surface area contributed by atoms with Crippen LogP contribution in [0.1, 0.15) is 42.1 Å². The van der Waals surface area contributed by atoms with Gasteiger partial charge >= 0.3 is 0 Å². The number of pyridine rings is 1. The van der Waals surface area contributed by atoms with Crippen LogP contribution in [0, 0.1) is 5.92 Å². The maximum Gasteiger partial charge on any atom is 0.251 e. The van der Waals surface area contributed by atoms with Gasteiger partial charge < -0.3 is 10.6 Å². The van der Waals surface area contributed by atoms with Gasteiger partial charge in [-0.3, -0.25) is 14.6 Å². The Balaban J connectivity index is 1.49. The highest BCUT2D eigenvalue weighted by Gasteiger charge is 2.26. The summed E-state index contributed by atoms with van der Waals surface area (Å²) in [6, 6.07) is 12.3. The van der Waals surface area contributed by atoms with Crippen LogP contribution in [-0.4, -0.2) is 34.4 Å².